The average molecular weight is 256 g/mol. The maximum absolute atomic E-state index is 9.58. The minimum absolute atomic E-state index is 0.115. The first kappa shape index (κ1) is 15.9. The number of nitrogens with zero attached hydrogens (tertiary/aromatic N) is 1. The van der Waals surface area contributed by atoms with Gasteiger partial charge in [-0.2, -0.15) is 0 Å². The molecule has 0 aromatic carbocycles. The van der Waals surface area contributed by atoms with Gasteiger partial charge in [-0.15, -0.1) is 0 Å². The fourth-order valence-electron chi connectivity index (χ4n) is 2.73. The molecule has 3 nitrogen and oxygen atoms in total. The van der Waals surface area contributed by atoms with Crippen LogP contribution in [0, 0.1) is 5.92 Å². The first-order valence-corrected chi connectivity index (χ1v) is 7.60. The Balaban J connectivity index is 2.40. The number of piperidine rings is 1. The number of nitrogens with one attached hydrogen (secondary N) is 1. The lowest BCUT2D eigenvalue weighted by Crippen LogP contribution is -2.50. The van der Waals surface area contributed by atoms with Crippen LogP contribution in [0.5, 0.6) is 0 Å². The van der Waals surface area contributed by atoms with Crippen molar-refractivity contribution in [2.75, 3.05) is 26.2 Å². The first-order valence-electron chi connectivity index (χ1n) is 7.60. The highest BCUT2D eigenvalue weighted by Gasteiger charge is 2.27. The zero-order valence-electron chi connectivity index (χ0n) is 12.7. The normalized spacial score (nSPS) is 29.2. The largest absolute Gasteiger partial charge is 0.394 e. The van der Waals surface area contributed by atoms with Crippen LogP contribution in [0.15, 0.2) is 0 Å². The fourth-order valence-corrected chi connectivity index (χ4v) is 2.73. The molecule has 1 aliphatic heterocycles. The van der Waals surface area contributed by atoms with Crippen molar-refractivity contribution in [2.24, 2.45) is 5.92 Å². The van der Waals surface area contributed by atoms with Crippen LogP contribution in [-0.4, -0.2) is 47.8 Å². The molecule has 2 N–H and O–H groups in total. The predicted molar refractivity (Wildman–Crippen MR) is 77.8 cm³/mol. The average Bonchev–Trinajstić information content (AvgIpc) is 2.37. The summed E-state index contributed by atoms with van der Waals surface area (Å²) in [4.78, 5) is 2.59. The quantitative estimate of drug-likeness (QED) is 0.733. The van der Waals surface area contributed by atoms with Gasteiger partial charge in [0.25, 0.3) is 0 Å². The molecule has 0 aromatic rings. The van der Waals surface area contributed by atoms with Gasteiger partial charge >= 0.3 is 0 Å². The minimum atomic E-state index is -0.115. The van der Waals surface area contributed by atoms with Crippen molar-refractivity contribution in [2.45, 2.75) is 65.0 Å². The summed E-state index contributed by atoms with van der Waals surface area (Å²) in [5.74, 6) is 0.824. The maximum atomic E-state index is 9.58. The van der Waals surface area contributed by atoms with Crippen molar-refractivity contribution in [1.82, 2.24) is 10.2 Å². The fraction of sp³-hybridized carbons (Fsp3) is 1.00. The van der Waals surface area contributed by atoms with E-state index in [0.29, 0.717) is 6.04 Å². The van der Waals surface area contributed by atoms with E-state index in [1.807, 2.05) is 0 Å². The van der Waals surface area contributed by atoms with Crippen LogP contribution in [0.1, 0.15) is 53.4 Å². The Morgan fingerprint density at radius 3 is 2.67 bits per heavy atom. The smallest absolute Gasteiger partial charge is 0.0611 e. The molecule has 0 aromatic heterocycles. The first-order chi connectivity index (χ1) is 8.50. The Bertz CT molecular complexity index is 235. The predicted octanol–water partition coefficient (Wildman–Crippen LogP) is 2.25. The van der Waals surface area contributed by atoms with E-state index < -0.39 is 0 Å². The topological polar surface area (TPSA) is 35.5 Å². The summed E-state index contributed by atoms with van der Waals surface area (Å²) in [5, 5.41) is 13.1. The molecule has 1 rings (SSSR count). The highest BCUT2D eigenvalue weighted by atomic mass is 16.3. The molecule has 1 heterocycles. The zero-order chi connectivity index (χ0) is 13.6. The summed E-state index contributed by atoms with van der Waals surface area (Å²) in [6.45, 7) is 12.5. The van der Waals surface area contributed by atoms with Crippen LogP contribution in [-0.2, 0) is 0 Å². The van der Waals surface area contributed by atoms with Crippen LogP contribution in [0.25, 0.3) is 0 Å². The van der Waals surface area contributed by atoms with E-state index in [-0.39, 0.29) is 12.1 Å². The number of hydrogen-bond acceptors (Lipinski definition) is 3. The molecule has 0 radical (unpaired) electrons. The summed E-state index contributed by atoms with van der Waals surface area (Å²) >= 11 is 0. The van der Waals surface area contributed by atoms with Crippen molar-refractivity contribution < 1.29 is 5.11 Å². The minimum Gasteiger partial charge on any atom is -0.394 e. The molecular weight excluding hydrogens is 224 g/mol. The van der Waals surface area contributed by atoms with Gasteiger partial charge in [-0.1, -0.05) is 13.8 Å². The van der Waals surface area contributed by atoms with Crippen LogP contribution in [0.3, 0.4) is 0 Å². The van der Waals surface area contributed by atoms with Crippen molar-refractivity contribution in [3.05, 3.63) is 0 Å². The van der Waals surface area contributed by atoms with Crippen molar-refractivity contribution in [3.8, 4) is 0 Å². The summed E-state index contributed by atoms with van der Waals surface area (Å²) in [6, 6.07) is 0.704. The SMILES string of the molecule is CCCNC(C)(CO)CCN1CC(C)CCC1C. The molecule has 0 bridgehead atoms. The van der Waals surface area contributed by atoms with Gasteiger partial charge < -0.3 is 15.3 Å². The standard InChI is InChI=1S/C15H32N2O/c1-5-9-16-15(4,12-18)8-10-17-11-13(2)6-7-14(17)3/h13-14,16,18H,5-12H2,1-4H3. The van der Waals surface area contributed by atoms with E-state index in [1.54, 1.807) is 0 Å². The molecule has 18 heavy (non-hydrogen) atoms. The van der Waals surface area contributed by atoms with E-state index in [4.69, 9.17) is 0 Å². The van der Waals surface area contributed by atoms with Gasteiger partial charge in [0.2, 0.25) is 0 Å². The number of rotatable bonds is 7. The van der Waals surface area contributed by atoms with E-state index in [1.165, 1.54) is 19.4 Å². The molecule has 1 aliphatic rings. The maximum Gasteiger partial charge on any atom is 0.0611 e. The van der Waals surface area contributed by atoms with E-state index in [2.05, 4.69) is 37.9 Å². The summed E-state index contributed by atoms with van der Waals surface area (Å²) < 4.78 is 0. The second-order valence-corrected chi connectivity index (χ2v) is 6.42. The molecule has 0 spiro atoms. The molecule has 3 heteroatoms. The highest BCUT2D eigenvalue weighted by molar-refractivity contribution is 4.85. The Hall–Kier alpha value is -0.120. The van der Waals surface area contributed by atoms with Crippen LogP contribution in [0.4, 0.5) is 0 Å². The highest BCUT2D eigenvalue weighted by Crippen LogP contribution is 2.22. The second kappa shape index (κ2) is 7.46. The Labute approximate surface area is 113 Å². The third kappa shape index (κ3) is 4.87. The molecule has 3 unspecified atom stereocenters. The van der Waals surface area contributed by atoms with Gasteiger partial charge in [0.15, 0.2) is 0 Å². The van der Waals surface area contributed by atoms with E-state index in [0.717, 1.165) is 31.8 Å². The second-order valence-electron chi connectivity index (χ2n) is 6.42. The Kier molecular flexibility index (Phi) is 6.61. The Morgan fingerprint density at radius 1 is 1.33 bits per heavy atom. The van der Waals surface area contributed by atoms with Crippen LogP contribution < -0.4 is 5.32 Å². The van der Waals surface area contributed by atoms with E-state index >= 15 is 0 Å². The summed E-state index contributed by atoms with van der Waals surface area (Å²) in [6.07, 6.45) is 4.83. The van der Waals surface area contributed by atoms with Gasteiger partial charge in [-0.25, -0.2) is 0 Å². The number of aliphatic hydroxyl groups is 1. The molecule has 108 valence electrons. The lowest BCUT2D eigenvalue weighted by molar-refractivity contribution is 0.0946. The number of likely N-dealkylation sites (tertiary alicyclic amines) is 1. The van der Waals surface area contributed by atoms with Crippen molar-refractivity contribution >= 4 is 0 Å². The van der Waals surface area contributed by atoms with Gasteiger partial charge in [0, 0.05) is 24.7 Å². The van der Waals surface area contributed by atoms with Crippen molar-refractivity contribution in [1.29, 1.82) is 0 Å². The zero-order valence-corrected chi connectivity index (χ0v) is 12.7. The Morgan fingerprint density at radius 2 is 2.06 bits per heavy atom. The van der Waals surface area contributed by atoms with Gasteiger partial charge in [-0.05, 0) is 52.0 Å². The van der Waals surface area contributed by atoms with Crippen LogP contribution in [0.2, 0.25) is 0 Å². The summed E-state index contributed by atoms with van der Waals surface area (Å²) in [5.41, 5.74) is -0.115. The van der Waals surface area contributed by atoms with Crippen molar-refractivity contribution in [3.63, 3.8) is 0 Å². The molecule has 1 fully saturated rings. The molecule has 0 aliphatic carbocycles. The monoisotopic (exact) mass is 256 g/mol. The molecule has 1 saturated heterocycles. The van der Waals surface area contributed by atoms with E-state index in [9.17, 15) is 5.11 Å². The summed E-state index contributed by atoms with van der Waals surface area (Å²) in [7, 11) is 0. The number of aliphatic hydroxyl groups excluding tert-OH is 1. The molecule has 3 atom stereocenters. The van der Waals surface area contributed by atoms with Crippen LogP contribution >= 0.6 is 0 Å². The molecule has 0 saturated carbocycles. The van der Waals surface area contributed by atoms with Gasteiger partial charge in [-0.3, -0.25) is 0 Å². The third-order valence-corrected chi connectivity index (χ3v) is 4.35. The molecular formula is C15H32N2O. The lowest BCUT2D eigenvalue weighted by atomic mass is 9.92. The lowest BCUT2D eigenvalue weighted by Gasteiger charge is -2.39. The van der Waals surface area contributed by atoms with Gasteiger partial charge in [0.05, 0.1) is 6.61 Å². The molecule has 0 amide bonds. The number of hydrogen-bond donors (Lipinski definition) is 2. The third-order valence-electron chi connectivity index (χ3n) is 4.35. The van der Waals surface area contributed by atoms with Gasteiger partial charge in [0.1, 0.15) is 0 Å².